The van der Waals surface area contributed by atoms with Crippen LogP contribution >= 0.6 is 0 Å². The molecule has 3 N–H and O–H groups in total. The molecule has 0 bridgehead atoms. The largest absolute Gasteiger partial charge is 0.379 e. The molecule has 0 saturated heterocycles. The number of nitrogens with two attached hydrogens (primary N) is 1. The fraction of sp³-hybridized carbons (Fsp3) is 1.00. The first kappa shape index (κ1) is 10.9. The minimum Gasteiger partial charge on any atom is -0.379 e. The Kier molecular flexibility index (Phi) is 5.46. The molecule has 0 spiro atoms. The van der Waals surface area contributed by atoms with Crippen molar-refractivity contribution in [3.8, 4) is 0 Å². The molecule has 0 rings (SSSR count). The van der Waals surface area contributed by atoms with Gasteiger partial charge in [-0.25, -0.2) is 0 Å². The average Bonchev–Trinajstić information content (AvgIpc) is 1.99. The average molecular weight is 160 g/mol. The Balaban J connectivity index is 3.37. The second-order valence-electron chi connectivity index (χ2n) is 3.07. The van der Waals surface area contributed by atoms with Crippen molar-refractivity contribution in [2.75, 3.05) is 13.6 Å². The predicted octanol–water partition coefficient (Wildman–Crippen LogP) is 0.384. The van der Waals surface area contributed by atoms with Gasteiger partial charge in [0.2, 0.25) is 0 Å². The van der Waals surface area contributed by atoms with Gasteiger partial charge in [0.1, 0.15) is 6.23 Å². The van der Waals surface area contributed by atoms with Crippen molar-refractivity contribution in [2.45, 2.75) is 39.0 Å². The molecule has 0 fully saturated rings. The van der Waals surface area contributed by atoms with E-state index in [1.54, 1.807) is 6.92 Å². The Morgan fingerprint density at radius 1 is 1.55 bits per heavy atom. The minimum absolute atomic E-state index is 0.274. The van der Waals surface area contributed by atoms with Crippen molar-refractivity contribution in [2.24, 2.45) is 5.73 Å². The molecule has 0 heterocycles. The van der Waals surface area contributed by atoms with Crippen LogP contribution in [0.15, 0.2) is 0 Å². The molecule has 0 aliphatic rings. The molecule has 0 aromatic heterocycles. The van der Waals surface area contributed by atoms with Crippen molar-refractivity contribution in [1.82, 2.24) is 4.90 Å². The van der Waals surface area contributed by atoms with Crippen LogP contribution < -0.4 is 5.73 Å². The first-order valence-electron chi connectivity index (χ1n) is 4.21. The molecule has 0 aliphatic carbocycles. The predicted molar refractivity (Wildman–Crippen MR) is 47.2 cm³/mol. The summed E-state index contributed by atoms with van der Waals surface area (Å²) in [5, 5.41) is 9.09. The molecule has 0 amide bonds. The lowest BCUT2D eigenvalue weighted by atomic mass is 10.1. The maximum atomic E-state index is 9.09. The number of hydrogen-bond donors (Lipinski definition) is 2. The normalized spacial score (nSPS) is 16.9. The summed E-state index contributed by atoms with van der Waals surface area (Å²) in [6.07, 6.45) is 1.60. The van der Waals surface area contributed by atoms with Gasteiger partial charge in [-0.05, 0) is 26.8 Å². The highest BCUT2D eigenvalue weighted by atomic mass is 16.3. The molecular weight excluding hydrogens is 140 g/mol. The van der Waals surface area contributed by atoms with E-state index in [1.165, 1.54) is 0 Å². The van der Waals surface area contributed by atoms with Crippen LogP contribution in [0.25, 0.3) is 0 Å². The lowest BCUT2D eigenvalue weighted by Gasteiger charge is -2.21. The Labute approximate surface area is 69.2 Å². The Hall–Kier alpha value is -0.120. The van der Waals surface area contributed by atoms with Gasteiger partial charge in [-0.3, -0.25) is 4.90 Å². The molecule has 11 heavy (non-hydrogen) atoms. The summed E-state index contributed by atoms with van der Waals surface area (Å²) in [5.41, 5.74) is 5.71. The van der Waals surface area contributed by atoms with Gasteiger partial charge < -0.3 is 10.8 Å². The first-order valence-corrected chi connectivity index (χ1v) is 4.21. The van der Waals surface area contributed by atoms with Crippen molar-refractivity contribution < 1.29 is 5.11 Å². The molecule has 3 heteroatoms. The number of aliphatic hydroxyl groups is 1. The Bertz CT molecular complexity index is 96.1. The summed E-state index contributed by atoms with van der Waals surface area (Å²) in [4.78, 5) is 1.88. The summed E-state index contributed by atoms with van der Waals surface area (Å²) in [6, 6.07) is 0.274. The molecule has 0 unspecified atom stereocenters. The topological polar surface area (TPSA) is 49.5 Å². The van der Waals surface area contributed by atoms with Gasteiger partial charge in [0.05, 0.1) is 0 Å². The van der Waals surface area contributed by atoms with Gasteiger partial charge in [-0.15, -0.1) is 0 Å². The second kappa shape index (κ2) is 5.52. The zero-order chi connectivity index (χ0) is 8.85. The van der Waals surface area contributed by atoms with Crippen molar-refractivity contribution in [3.63, 3.8) is 0 Å². The van der Waals surface area contributed by atoms with E-state index in [0.29, 0.717) is 0 Å². The van der Waals surface area contributed by atoms with E-state index in [0.717, 1.165) is 19.4 Å². The monoisotopic (exact) mass is 160 g/mol. The number of nitrogens with zero attached hydrogens (tertiary/aromatic N) is 1. The lowest BCUT2D eigenvalue weighted by molar-refractivity contribution is 0.0366. The fourth-order valence-electron chi connectivity index (χ4n) is 0.760. The molecule has 2 atom stereocenters. The zero-order valence-electron chi connectivity index (χ0n) is 7.75. The van der Waals surface area contributed by atoms with E-state index in [9.17, 15) is 0 Å². The zero-order valence-corrected chi connectivity index (χ0v) is 7.75. The third-order valence-corrected chi connectivity index (χ3v) is 2.01. The standard InChI is InChI=1S/C8H20N2O/c1-4-8(9)5-6-10(3)7(2)11/h7-8,11H,4-6,9H2,1-3H3/t7-,8+/m1/s1. The molecule has 0 saturated carbocycles. The molecule has 68 valence electrons. The fourth-order valence-corrected chi connectivity index (χ4v) is 0.760. The number of aliphatic hydroxyl groups excluding tert-OH is 1. The maximum absolute atomic E-state index is 9.09. The van der Waals surface area contributed by atoms with E-state index >= 15 is 0 Å². The van der Waals surface area contributed by atoms with E-state index in [1.807, 2.05) is 11.9 Å². The van der Waals surface area contributed by atoms with Crippen LogP contribution in [-0.2, 0) is 0 Å². The number of hydrogen-bond acceptors (Lipinski definition) is 3. The van der Waals surface area contributed by atoms with Crippen LogP contribution in [0.3, 0.4) is 0 Å². The molecule has 0 aromatic rings. The van der Waals surface area contributed by atoms with Gasteiger partial charge in [-0.2, -0.15) is 0 Å². The molecule has 3 nitrogen and oxygen atoms in total. The minimum atomic E-state index is -0.362. The van der Waals surface area contributed by atoms with Gasteiger partial charge >= 0.3 is 0 Å². The molecule has 0 radical (unpaired) electrons. The van der Waals surface area contributed by atoms with E-state index in [-0.39, 0.29) is 12.3 Å². The summed E-state index contributed by atoms with van der Waals surface area (Å²) in [7, 11) is 1.90. The van der Waals surface area contributed by atoms with Gasteiger partial charge in [0.25, 0.3) is 0 Å². The third kappa shape index (κ3) is 5.18. The van der Waals surface area contributed by atoms with E-state index in [4.69, 9.17) is 10.8 Å². The Morgan fingerprint density at radius 3 is 2.45 bits per heavy atom. The van der Waals surface area contributed by atoms with Gasteiger partial charge in [-0.1, -0.05) is 6.92 Å². The summed E-state index contributed by atoms with van der Waals surface area (Å²) >= 11 is 0. The second-order valence-corrected chi connectivity index (χ2v) is 3.07. The summed E-state index contributed by atoms with van der Waals surface area (Å²) in [6.45, 7) is 4.71. The SMILES string of the molecule is CC[C@H](N)CCN(C)[C@@H](C)O. The maximum Gasteiger partial charge on any atom is 0.104 e. The van der Waals surface area contributed by atoms with Crippen molar-refractivity contribution in [1.29, 1.82) is 0 Å². The summed E-state index contributed by atoms with van der Waals surface area (Å²) in [5.74, 6) is 0. The quantitative estimate of drug-likeness (QED) is 0.572. The summed E-state index contributed by atoms with van der Waals surface area (Å²) < 4.78 is 0. The highest BCUT2D eigenvalue weighted by Crippen LogP contribution is 1.97. The van der Waals surface area contributed by atoms with Crippen molar-refractivity contribution >= 4 is 0 Å². The Morgan fingerprint density at radius 2 is 2.09 bits per heavy atom. The van der Waals surface area contributed by atoms with E-state index < -0.39 is 0 Å². The van der Waals surface area contributed by atoms with Gasteiger partial charge in [0, 0.05) is 12.6 Å². The lowest BCUT2D eigenvalue weighted by Crippen LogP contribution is -2.33. The molecule has 0 aromatic carbocycles. The first-order chi connectivity index (χ1) is 5.07. The van der Waals surface area contributed by atoms with Crippen LogP contribution in [-0.4, -0.2) is 35.9 Å². The van der Waals surface area contributed by atoms with Crippen LogP contribution in [0.2, 0.25) is 0 Å². The van der Waals surface area contributed by atoms with Crippen LogP contribution in [0.4, 0.5) is 0 Å². The van der Waals surface area contributed by atoms with Crippen LogP contribution in [0, 0.1) is 0 Å². The van der Waals surface area contributed by atoms with Crippen LogP contribution in [0.5, 0.6) is 0 Å². The van der Waals surface area contributed by atoms with Crippen LogP contribution in [0.1, 0.15) is 26.7 Å². The molecular formula is C8H20N2O. The van der Waals surface area contributed by atoms with Crippen molar-refractivity contribution in [3.05, 3.63) is 0 Å². The highest BCUT2D eigenvalue weighted by Gasteiger charge is 2.06. The van der Waals surface area contributed by atoms with Gasteiger partial charge in [0.15, 0.2) is 0 Å². The third-order valence-electron chi connectivity index (χ3n) is 2.01. The number of rotatable bonds is 5. The molecule has 0 aliphatic heterocycles. The van der Waals surface area contributed by atoms with E-state index in [2.05, 4.69) is 6.92 Å². The smallest absolute Gasteiger partial charge is 0.104 e. The highest BCUT2D eigenvalue weighted by molar-refractivity contribution is 4.61.